The van der Waals surface area contributed by atoms with Crippen LogP contribution in [0.25, 0.3) is 10.9 Å². The maximum absolute atomic E-state index is 11.5. The Balaban J connectivity index is 1.53. The van der Waals surface area contributed by atoms with E-state index in [0.29, 0.717) is 17.8 Å². The first-order valence-electron chi connectivity index (χ1n) is 8.97. The van der Waals surface area contributed by atoms with E-state index < -0.39 is 0 Å². The summed E-state index contributed by atoms with van der Waals surface area (Å²) in [5.41, 5.74) is 3.20. The SMILES string of the molecule is O=[N+]([O-])c1cc(CO)ccc1N1CCCC(Nc2ccc3[nH]ncc3c2)C1. The summed E-state index contributed by atoms with van der Waals surface area (Å²) in [6.45, 7) is 1.25. The first kappa shape index (κ1) is 17.3. The van der Waals surface area contributed by atoms with Crippen LogP contribution in [0.3, 0.4) is 0 Å². The molecule has 3 N–H and O–H groups in total. The molecular formula is C19H21N5O3. The molecule has 0 saturated carbocycles. The standard InChI is InChI=1S/C19H21N5O3/c25-12-13-3-6-18(19(8-13)24(26)27)23-7-1-2-16(11-23)21-15-4-5-17-14(9-15)10-20-22-17/h3-6,8-10,16,21,25H,1-2,7,11-12H2,(H,20,22). The van der Waals surface area contributed by atoms with Crippen LogP contribution in [0.4, 0.5) is 17.1 Å². The predicted molar refractivity (Wildman–Crippen MR) is 104 cm³/mol. The molecule has 2 heterocycles. The molecule has 27 heavy (non-hydrogen) atoms. The maximum atomic E-state index is 11.5. The third-order valence-corrected chi connectivity index (χ3v) is 4.99. The number of hydrogen-bond acceptors (Lipinski definition) is 6. The van der Waals surface area contributed by atoms with Gasteiger partial charge in [-0.3, -0.25) is 15.2 Å². The number of piperidine rings is 1. The lowest BCUT2D eigenvalue weighted by Crippen LogP contribution is -2.42. The lowest BCUT2D eigenvalue weighted by atomic mass is 10.0. The summed E-state index contributed by atoms with van der Waals surface area (Å²) in [7, 11) is 0. The van der Waals surface area contributed by atoms with Crippen molar-refractivity contribution in [3.63, 3.8) is 0 Å². The quantitative estimate of drug-likeness (QED) is 0.473. The average molecular weight is 367 g/mol. The highest BCUT2D eigenvalue weighted by Crippen LogP contribution is 2.32. The molecule has 8 nitrogen and oxygen atoms in total. The van der Waals surface area contributed by atoms with Gasteiger partial charge in [-0.05, 0) is 42.7 Å². The van der Waals surface area contributed by atoms with Gasteiger partial charge in [-0.25, -0.2) is 0 Å². The van der Waals surface area contributed by atoms with Crippen molar-refractivity contribution in [2.45, 2.75) is 25.5 Å². The van der Waals surface area contributed by atoms with Gasteiger partial charge in [-0.2, -0.15) is 5.10 Å². The lowest BCUT2D eigenvalue weighted by molar-refractivity contribution is -0.384. The van der Waals surface area contributed by atoms with Crippen molar-refractivity contribution < 1.29 is 10.0 Å². The van der Waals surface area contributed by atoms with Crippen molar-refractivity contribution in [1.29, 1.82) is 0 Å². The Morgan fingerprint density at radius 1 is 1.33 bits per heavy atom. The van der Waals surface area contributed by atoms with Gasteiger partial charge in [-0.15, -0.1) is 0 Å². The van der Waals surface area contributed by atoms with Gasteiger partial charge in [0.15, 0.2) is 0 Å². The summed E-state index contributed by atoms with van der Waals surface area (Å²) in [6.07, 6.45) is 3.74. The number of aliphatic hydroxyl groups is 1. The molecule has 1 aliphatic rings. The van der Waals surface area contributed by atoms with E-state index in [-0.39, 0.29) is 23.3 Å². The number of fused-ring (bicyclic) bond motifs is 1. The molecule has 2 aromatic carbocycles. The number of nitrogens with one attached hydrogen (secondary N) is 2. The van der Waals surface area contributed by atoms with E-state index in [1.165, 1.54) is 6.07 Å². The van der Waals surface area contributed by atoms with Crippen molar-refractivity contribution in [1.82, 2.24) is 10.2 Å². The number of rotatable bonds is 5. The zero-order valence-corrected chi connectivity index (χ0v) is 14.8. The second-order valence-corrected chi connectivity index (χ2v) is 6.84. The number of aromatic amines is 1. The summed E-state index contributed by atoms with van der Waals surface area (Å²) in [4.78, 5) is 13.2. The smallest absolute Gasteiger partial charge is 0.292 e. The monoisotopic (exact) mass is 367 g/mol. The van der Waals surface area contributed by atoms with Crippen molar-refractivity contribution in [2.24, 2.45) is 0 Å². The van der Waals surface area contributed by atoms with Crippen LogP contribution in [0.1, 0.15) is 18.4 Å². The van der Waals surface area contributed by atoms with Gasteiger partial charge in [-0.1, -0.05) is 6.07 Å². The molecule has 1 saturated heterocycles. The van der Waals surface area contributed by atoms with Crippen LogP contribution in [-0.4, -0.2) is 39.4 Å². The number of aliphatic hydroxyl groups excluding tert-OH is 1. The second kappa shape index (κ2) is 7.24. The molecule has 1 unspecified atom stereocenters. The molecule has 8 heteroatoms. The van der Waals surface area contributed by atoms with Crippen LogP contribution in [0.2, 0.25) is 0 Å². The molecule has 1 aliphatic heterocycles. The number of benzene rings is 2. The summed E-state index contributed by atoms with van der Waals surface area (Å²) in [5, 5.41) is 32.3. The van der Waals surface area contributed by atoms with Crippen molar-refractivity contribution >= 4 is 28.0 Å². The number of H-pyrrole nitrogens is 1. The molecule has 0 amide bonds. The third kappa shape index (κ3) is 3.56. The molecule has 0 bridgehead atoms. The molecule has 1 atom stereocenters. The number of nitro benzene ring substituents is 1. The van der Waals surface area contributed by atoms with E-state index in [4.69, 9.17) is 0 Å². The Morgan fingerprint density at radius 2 is 2.22 bits per heavy atom. The maximum Gasteiger partial charge on any atom is 0.292 e. The van der Waals surface area contributed by atoms with Gasteiger partial charge in [0.2, 0.25) is 0 Å². The average Bonchev–Trinajstić information content (AvgIpc) is 3.15. The number of anilines is 2. The van der Waals surface area contributed by atoms with E-state index in [2.05, 4.69) is 26.5 Å². The molecule has 3 aromatic rings. The fourth-order valence-corrected chi connectivity index (χ4v) is 3.66. The van der Waals surface area contributed by atoms with Gasteiger partial charge in [0.05, 0.1) is 23.2 Å². The summed E-state index contributed by atoms with van der Waals surface area (Å²) in [6, 6.07) is 11.2. The van der Waals surface area contributed by atoms with E-state index >= 15 is 0 Å². The van der Waals surface area contributed by atoms with Crippen molar-refractivity contribution in [3.8, 4) is 0 Å². The van der Waals surface area contributed by atoms with Gasteiger partial charge >= 0.3 is 0 Å². The molecule has 0 spiro atoms. The molecule has 140 valence electrons. The van der Waals surface area contributed by atoms with Crippen LogP contribution >= 0.6 is 0 Å². The Hall–Kier alpha value is -3.13. The fourth-order valence-electron chi connectivity index (χ4n) is 3.66. The highest BCUT2D eigenvalue weighted by molar-refractivity contribution is 5.81. The van der Waals surface area contributed by atoms with Crippen LogP contribution < -0.4 is 10.2 Å². The lowest BCUT2D eigenvalue weighted by Gasteiger charge is -2.35. The van der Waals surface area contributed by atoms with Crippen LogP contribution in [0, 0.1) is 10.1 Å². The Kier molecular flexibility index (Phi) is 4.64. The minimum absolute atomic E-state index is 0.0435. The van der Waals surface area contributed by atoms with Crippen molar-refractivity contribution in [3.05, 3.63) is 58.3 Å². The molecular weight excluding hydrogens is 346 g/mol. The molecule has 0 radical (unpaired) electrons. The van der Waals surface area contributed by atoms with Crippen LogP contribution in [0.5, 0.6) is 0 Å². The Morgan fingerprint density at radius 3 is 3.04 bits per heavy atom. The second-order valence-electron chi connectivity index (χ2n) is 6.84. The Labute approximate surface area is 156 Å². The minimum Gasteiger partial charge on any atom is -0.392 e. The van der Waals surface area contributed by atoms with Gasteiger partial charge in [0.25, 0.3) is 5.69 Å². The highest BCUT2D eigenvalue weighted by atomic mass is 16.6. The van der Waals surface area contributed by atoms with Gasteiger partial charge in [0.1, 0.15) is 5.69 Å². The van der Waals surface area contributed by atoms with Gasteiger partial charge < -0.3 is 15.3 Å². The number of nitrogens with zero attached hydrogens (tertiary/aromatic N) is 3. The van der Waals surface area contributed by atoms with Gasteiger partial charge in [0, 0.05) is 36.3 Å². The van der Waals surface area contributed by atoms with Crippen LogP contribution in [-0.2, 0) is 6.61 Å². The largest absolute Gasteiger partial charge is 0.392 e. The van der Waals surface area contributed by atoms with E-state index in [0.717, 1.165) is 36.0 Å². The van der Waals surface area contributed by atoms with E-state index in [1.807, 2.05) is 12.1 Å². The normalized spacial score (nSPS) is 17.2. The van der Waals surface area contributed by atoms with Crippen LogP contribution in [0.15, 0.2) is 42.6 Å². The number of aromatic nitrogens is 2. The Bertz CT molecular complexity index is 971. The first-order chi connectivity index (χ1) is 13.1. The zero-order chi connectivity index (χ0) is 18.8. The topological polar surface area (TPSA) is 107 Å². The third-order valence-electron chi connectivity index (χ3n) is 4.99. The van der Waals surface area contributed by atoms with Crippen molar-refractivity contribution in [2.75, 3.05) is 23.3 Å². The minimum atomic E-state index is -0.377. The number of nitro groups is 1. The van der Waals surface area contributed by atoms with E-state index in [9.17, 15) is 15.2 Å². The predicted octanol–water partition coefficient (Wildman–Crippen LogP) is 3.04. The first-order valence-corrected chi connectivity index (χ1v) is 8.97. The molecule has 4 rings (SSSR count). The molecule has 0 aliphatic carbocycles. The molecule has 1 aromatic heterocycles. The highest BCUT2D eigenvalue weighted by Gasteiger charge is 2.25. The zero-order valence-electron chi connectivity index (χ0n) is 14.8. The summed E-state index contributed by atoms with van der Waals surface area (Å²) >= 11 is 0. The van der Waals surface area contributed by atoms with E-state index in [1.54, 1.807) is 18.3 Å². The molecule has 1 fully saturated rings. The summed E-state index contributed by atoms with van der Waals surface area (Å²) in [5.74, 6) is 0. The summed E-state index contributed by atoms with van der Waals surface area (Å²) < 4.78 is 0. The fraction of sp³-hybridized carbons (Fsp3) is 0.316. The number of hydrogen-bond donors (Lipinski definition) is 3.